The number of aliphatic hydroxyl groups is 1. The molecule has 0 amide bonds. The van der Waals surface area contributed by atoms with E-state index in [1.54, 1.807) is 12.1 Å². The van der Waals surface area contributed by atoms with Gasteiger partial charge in [-0.2, -0.15) is 0 Å². The minimum absolute atomic E-state index is 0.0750. The van der Waals surface area contributed by atoms with Crippen LogP contribution in [0.2, 0.25) is 0 Å². The molecule has 0 saturated carbocycles. The number of halogens is 1. The van der Waals surface area contributed by atoms with E-state index in [4.69, 9.17) is 0 Å². The minimum atomic E-state index is -0.348. The van der Waals surface area contributed by atoms with E-state index in [-0.39, 0.29) is 18.0 Å². The van der Waals surface area contributed by atoms with Crippen LogP contribution in [-0.4, -0.2) is 18.3 Å². The molecule has 88 valence electrons. The second-order valence-electron chi connectivity index (χ2n) is 4.47. The molecule has 0 heterocycles. The van der Waals surface area contributed by atoms with Crippen LogP contribution in [0, 0.1) is 5.82 Å². The Morgan fingerprint density at radius 3 is 3.00 bits per heavy atom. The summed E-state index contributed by atoms with van der Waals surface area (Å²) in [7, 11) is 0. The van der Waals surface area contributed by atoms with Gasteiger partial charge in [-0.3, -0.25) is 0 Å². The highest BCUT2D eigenvalue weighted by Gasteiger charge is 2.37. The highest BCUT2D eigenvalue weighted by atomic mass is 19.1. The molecule has 1 aromatic rings. The molecule has 1 atom stereocenters. The van der Waals surface area contributed by atoms with Crippen molar-refractivity contribution in [1.29, 1.82) is 0 Å². The van der Waals surface area contributed by atoms with E-state index in [9.17, 15) is 9.50 Å². The van der Waals surface area contributed by atoms with Crippen LogP contribution in [0.1, 0.15) is 30.9 Å². The van der Waals surface area contributed by atoms with Crippen LogP contribution < -0.4 is 5.32 Å². The first-order chi connectivity index (χ1) is 7.72. The van der Waals surface area contributed by atoms with E-state index in [1.807, 2.05) is 0 Å². The maximum atomic E-state index is 13.1. The smallest absolute Gasteiger partial charge is 0.123 e. The van der Waals surface area contributed by atoms with Gasteiger partial charge in [0.05, 0.1) is 12.1 Å². The van der Waals surface area contributed by atoms with Gasteiger partial charge in [0.25, 0.3) is 0 Å². The lowest BCUT2D eigenvalue weighted by atomic mass is 9.92. The fourth-order valence-corrected chi connectivity index (χ4v) is 2.49. The van der Waals surface area contributed by atoms with Crippen molar-refractivity contribution in [2.24, 2.45) is 0 Å². The second kappa shape index (κ2) is 4.52. The van der Waals surface area contributed by atoms with Gasteiger partial charge in [-0.1, -0.05) is 13.0 Å². The van der Waals surface area contributed by atoms with Crippen molar-refractivity contribution in [3.63, 3.8) is 0 Å². The Labute approximate surface area is 95.5 Å². The fraction of sp³-hybridized carbons (Fsp3) is 0.538. The van der Waals surface area contributed by atoms with Gasteiger partial charge in [0.1, 0.15) is 5.82 Å². The monoisotopic (exact) mass is 223 g/mol. The molecule has 0 aromatic heterocycles. The zero-order valence-corrected chi connectivity index (χ0v) is 9.59. The SMILES string of the molecule is CCCNC1(CO)CCc2cc(F)ccc21. The molecule has 1 unspecified atom stereocenters. The number of aliphatic hydroxyl groups excluding tert-OH is 1. The summed E-state index contributed by atoms with van der Waals surface area (Å²) in [6.07, 6.45) is 2.71. The molecule has 0 spiro atoms. The van der Waals surface area contributed by atoms with Gasteiger partial charge in [-0.25, -0.2) is 4.39 Å². The molecule has 0 saturated heterocycles. The number of fused-ring (bicyclic) bond motifs is 1. The van der Waals surface area contributed by atoms with Crippen molar-refractivity contribution >= 4 is 0 Å². The number of benzene rings is 1. The number of rotatable bonds is 4. The lowest BCUT2D eigenvalue weighted by molar-refractivity contribution is 0.160. The average molecular weight is 223 g/mol. The quantitative estimate of drug-likeness (QED) is 0.817. The Morgan fingerprint density at radius 2 is 2.31 bits per heavy atom. The maximum absolute atomic E-state index is 13.1. The average Bonchev–Trinajstić information content (AvgIpc) is 2.65. The first-order valence-corrected chi connectivity index (χ1v) is 5.86. The van der Waals surface area contributed by atoms with E-state index in [0.717, 1.165) is 36.9 Å². The van der Waals surface area contributed by atoms with Crippen molar-refractivity contribution in [3.05, 3.63) is 35.1 Å². The summed E-state index contributed by atoms with van der Waals surface area (Å²) >= 11 is 0. The summed E-state index contributed by atoms with van der Waals surface area (Å²) in [6.45, 7) is 3.04. The highest BCUT2D eigenvalue weighted by molar-refractivity contribution is 5.39. The molecule has 2 nitrogen and oxygen atoms in total. The molecule has 1 aliphatic carbocycles. The van der Waals surface area contributed by atoms with Gasteiger partial charge in [0.2, 0.25) is 0 Å². The molecule has 2 N–H and O–H groups in total. The maximum Gasteiger partial charge on any atom is 0.123 e. The van der Waals surface area contributed by atoms with Crippen LogP contribution in [0.15, 0.2) is 18.2 Å². The summed E-state index contributed by atoms with van der Waals surface area (Å²) in [4.78, 5) is 0. The lowest BCUT2D eigenvalue weighted by Gasteiger charge is -2.29. The Hall–Kier alpha value is -0.930. The summed E-state index contributed by atoms with van der Waals surface area (Å²) in [5, 5.41) is 13.0. The van der Waals surface area contributed by atoms with Crippen LogP contribution in [0.3, 0.4) is 0 Å². The number of hydrogen-bond donors (Lipinski definition) is 2. The predicted octanol–water partition coefficient (Wildman–Crippen LogP) is 1.96. The van der Waals surface area contributed by atoms with Gasteiger partial charge in [-0.05, 0) is 49.1 Å². The van der Waals surface area contributed by atoms with Crippen LogP contribution in [0.25, 0.3) is 0 Å². The van der Waals surface area contributed by atoms with Crippen molar-refractivity contribution in [2.45, 2.75) is 31.7 Å². The molecular formula is C13H18FNO. The first-order valence-electron chi connectivity index (χ1n) is 5.86. The largest absolute Gasteiger partial charge is 0.394 e. The second-order valence-corrected chi connectivity index (χ2v) is 4.47. The van der Waals surface area contributed by atoms with Crippen LogP contribution >= 0.6 is 0 Å². The lowest BCUT2D eigenvalue weighted by Crippen LogP contribution is -2.44. The summed E-state index contributed by atoms with van der Waals surface area (Å²) in [5.41, 5.74) is 1.74. The third-order valence-corrected chi connectivity index (χ3v) is 3.39. The molecule has 0 bridgehead atoms. The van der Waals surface area contributed by atoms with E-state index in [0.29, 0.717) is 0 Å². The minimum Gasteiger partial charge on any atom is -0.394 e. The van der Waals surface area contributed by atoms with E-state index >= 15 is 0 Å². The van der Waals surface area contributed by atoms with Crippen molar-refractivity contribution in [1.82, 2.24) is 5.32 Å². The van der Waals surface area contributed by atoms with Crippen LogP contribution in [0.5, 0.6) is 0 Å². The van der Waals surface area contributed by atoms with Crippen LogP contribution in [0.4, 0.5) is 4.39 Å². The zero-order valence-electron chi connectivity index (χ0n) is 9.59. The van der Waals surface area contributed by atoms with E-state index in [1.165, 1.54) is 6.07 Å². The zero-order chi connectivity index (χ0) is 11.6. The molecule has 0 radical (unpaired) electrons. The molecule has 0 fully saturated rings. The van der Waals surface area contributed by atoms with E-state index in [2.05, 4.69) is 12.2 Å². The topological polar surface area (TPSA) is 32.3 Å². The predicted molar refractivity (Wildman–Crippen MR) is 61.8 cm³/mol. The number of hydrogen-bond acceptors (Lipinski definition) is 2. The summed E-state index contributed by atoms with van der Waals surface area (Å²) in [6, 6.07) is 4.86. The first kappa shape index (κ1) is 11.6. The Balaban J connectivity index is 2.32. The molecule has 1 aliphatic rings. The van der Waals surface area contributed by atoms with Crippen molar-refractivity contribution in [3.8, 4) is 0 Å². The Morgan fingerprint density at radius 1 is 1.50 bits per heavy atom. The van der Waals surface area contributed by atoms with E-state index < -0.39 is 0 Å². The number of nitrogens with one attached hydrogen (secondary N) is 1. The van der Waals surface area contributed by atoms with Gasteiger partial charge < -0.3 is 10.4 Å². The highest BCUT2D eigenvalue weighted by Crippen LogP contribution is 2.36. The summed E-state index contributed by atoms with van der Waals surface area (Å²) in [5.74, 6) is -0.192. The summed E-state index contributed by atoms with van der Waals surface area (Å²) < 4.78 is 13.1. The Bertz CT molecular complexity index is 380. The third kappa shape index (κ3) is 1.85. The molecule has 0 aliphatic heterocycles. The Kier molecular flexibility index (Phi) is 3.26. The van der Waals surface area contributed by atoms with Gasteiger partial charge >= 0.3 is 0 Å². The standard InChI is InChI=1S/C13H18FNO/c1-2-7-15-13(9-16)6-5-10-8-11(14)3-4-12(10)13/h3-4,8,15-16H,2,5-7,9H2,1H3. The molecule has 16 heavy (non-hydrogen) atoms. The number of aryl methyl sites for hydroxylation is 1. The van der Waals surface area contributed by atoms with Gasteiger partial charge in [0.15, 0.2) is 0 Å². The molecule has 1 aromatic carbocycles. The fourth-order valence-electron chi connectivity index (χ4n) is 2.49. The molecule has 3 heteroatoms. The van der Waals surface area contributed by atoms with Crippen molar-refractivity contribution < 1.29 is 9.50 Å². The normalized spacial score (nSPS) is 23.4. The van der Waals surface area contributed by atoms with Gasteiger partial charge in [-0.15, -0.1) is 0 Å². The third-order valence-electron chi connectivity index (χ3n) is 3.39. The van der Waals surface area contributed by atoms with Crippen LogP contribution in [-0.2, 0) is 12.0 Å². The molecular weight excluding hydrogens is 205 g/mol. The van der Waals surface area contributed by atoms with Gasteiger partial charge in [0, 0.05) is 0 Å². The van der Waals surface area contributed by atoms with Crippen molar-refractivity contribution in [2.75, 3.05) is 13.2 Å². The molecule has 2 rings (SSSR count).